The van der Waals surface area contributed by atoms with Crippen molar-refractivity contribution in [2.45, 2.75) is 13.0 Å². The highest BCUT2D eigenvalue weighted by molar-refractivity contribution is 7.71. The lowest BCUT2D eigenvalue weighted by molar-refractivity contribution is 0.573. The Hall–Kier alpha value is -1.50. The van der Waals surface area contributed by atoms with Gasteiger partial charge in [-0.15, -0.1) is 0 Å². The van der Waals surface area contributed by atoms with Crippen LogP contribution in [0.4, 0.5) is 0 Å². The third-order valence-corrected chi connectivity index (χ3v) is 2.19. The second-order valence-corrected chi connectivity index (χ2v) is 3.33. The van der Waals surface area contributed by atoms with Crippen molar-refractivity contribution in [1.29, 1.82) is 0 Å². The fraction of sp³-hybridized carbons (Fsp3) is 0.429. The van der Waals surface area contributed by atoms with E-state index in [0.29, 0.717) is 4.77 Å². The van der Waals surface area contributed by atoms with Gasteiger partial charge in [-0.2, -0.15) is 10.3 Å². The molecule has 0 radical (unpaired) electrons. The summed E-state index contributed by atoms with van der Waals surface area (Å²) in [6.45, 7) is 0.725. The molecule has 0 saturated carbocycles. The summed E-state index contributed by atoms with van der Waals surface area (Å²) in [5, 5.41) is 14.2. The van der Waals surface area contributed by atoms with Crippen LogP contribution in [0, 0.1) is 4.77 Å². The van der Waals surface area contributed by atoms with Crippen LogP contribution in [0.3, 0.4) is 0 Å². The molecule has 2 heterocycles. The zero-order valence-corrected chi connectivity index (χ0v) is 8.53. The molecule has 6 nitrogen and oxygen atoms in total. The van der Waals surface area contributed by atoms with Crippen molar-refractivity contribution >= 4 is 12.2 Å². The van der Waals surface area contributed by atoms with Gasteiger partial charge >= 0.3 is 0 Å². The lowest BCUT2D eigenvalue weighted by atomic mass is 10.3. The van der Waals surface area contributed by atoms with Gasteiger partial charge in [0.05, 0.1) is 5.69 Å². The van der Waals surface area contributed by atoms with Crippen LogP contribution in [0.25, 0.3) is 0 Å². The number of H-pyrrole nitrogens is 1. The van der Waals surface area contributed by atoms with Crippen LogP contribution in [0.15, 0.2) is 12.3 Å². The Bertz CT molecular complexity index is 466. The average molecular weight is 210 g/mol. The quantitative estimate of drug-likeness (QED) is 0.741. The molecule has 2 aromatic heterocycles. The molecule has 7 heteroatoms. The lowest BCUT2D eigenvalue weighted by Gasteiger charge is -1.97. The number of nitrogens with zero attached hydrogens (tertiary/aromatic N) is 5. The average Bonchev–Trinajstić information content (AvgIpc) is 2.72. The molecule has 0 amide bonds. The van der Waals surface area contributed by atoms with Crippen molar-refractivity contribution in [3.8, 4) is 0 Å². The van der Waals surface area contributed by atoms with Crippen LogP contribution in [0.1, 0.15) is 5.69 Å². The van der Waals surface area contributed by atoms with Crippen molar-refractivity contribution in [2.24, 2.45) is 7.05 Å². The molecule has 2 aromatic rings. The van der Waals surface area contributed by atoms with E-state index < -0.39 is 0 Å². The predicted octanol–water partition coefficient (Wildman–Crippen LogP) is 0.312. The van der Waals surface area contributed by atoms with E-state index >= 15 is 0 Å². The minimum Gasteiger partial charge on any atom is -0.276 e. The zero-order valence-electron chi connectivity index (χ0n) is 7.71. The number of nitrogens with one attached hydrogen (secondary N) is 1. The van der Waals surface area contributed by atoms with Gasteiger partial charge in [-0.3, -0.25) is 4.68 Å². The van der Waals surface area contributed by atoms with Gasteiger partial charge in [0.25, 0.3) is 0 Å². The molecule has 0 aliphatic carbocycles. The maximum absolute atomic E-state index is 4.94. The summed E-state index contributed by atoms with van der Waals surface area (Å²) in [7, 11) is 1.90. The van der Waals surface area contributed by atoms with Gasteiger partial charge < -0.3 is 0 Å². The molecule has 0 atom stereocenters. The molecular weight excluding hydrogens is 200 g/mol. The summed E-state index contributed by atoms with van der Waals surface area (Å²) >= 11 is 4.94. The number of aryl methyl sites for hydroxylation is 3. The number of tetrazole rings is 1. The number of aromatic amines is 1. The maximum atomic E-state index is 4.94. The molecular formula is C7H10N6S. The molecule has 0 saturated heterocycles. The smallest absolute Gasteiger partial charge is 0.238 e. The number of hydrogen-bond acceptors (Lipinski definition) is 4. The first-order valence-electron chi connectivity index (χ1n) is 4.22. The summed E-state index contributed by atoms with van der Waals surface area (Å²) in [6, 6.07) is 1.98. The van der Waals surface area contributed by atoms with E-state index in [0.717, 1.165) is 18.7 Å². The highest BCUT2D eigenvalue weighted by atomic mass is 32.1. The Morgan fingerprint density at radius 2 is 2.43 bits per heavy atom. The van der Waals surface area contributed by atoms with Gasteiger partial charge in [-0.1, -0.05) is 10.3 Å². The van der Waals surface area contributed by atoms with E-state index in [1.54, 1.807) is 9.36 Å². The number of aromatic nitrogens is 6. The molecule has 14 heavy (non-hydrogen) atoms. The Kier molecular flexibility index (Phi) is 2.40. The molecule has 0 fully saturated rings. The molecule has 0 unspecified atom stereocenters. The van der Waals surface area contributed by atoms with Gasteiger partial charge in [0, 0.05) is 26.2 Å². The van der Waals surface area contributed by atoms with E-state index in [9.17, 15) is 0 Å². The molecule has 0 aromatic carbocycles. The van der Waals surface area contributed by atoms with Crippen LogP contribution < -0.4 is 0 Å². The van der Waals surface area contributed by atoms with Gasteiger partial charge in [0.15, 0.2) is 0 Å². The Morgan fingerprint density at radius 3 is 3.00 bits per heavy atom. The van der Waals surface area contributed by atoms with Gasteiger partial charge in [-0.05, 0) is 18.3 Å². The first kappa shape index (κ1) is 9.07. The third kappa shape index (κ3) is 1.87. The highest BCUT2D eigenvalue weighted by Crippen LogP contribution is 1.97. The summed E-state index contributed by atoms with van der Waals surface area (Å²) in [6.07, 6.45) is 2.73. The fourth-order valence-corrected chi connectivity index (χ4v) is 1.36. The largest absolute Gasteiger partial charge is 0.276 e. The van der Waals surface area contributed by atoms with Gasteiger partial charge in [0.1, 0.15) is 0 Å². The SMILES string of the molecule is Cn1ccc(CCn2[nH]nnc2=S)n1. The standard InChI is InChI=1S/C7H10N6S/c1-12-4-2-6(9-12)3-5-13-7(14)8-10-11-13/h2,4H,3,5H2,1H3,(H,8,11,14). The van der Waals surface area contributed by atoms with E-state index in [1.807, 2.05) is 19.3 Å². The van der Waals surface area contributed by atoms with Crippen LogP contribution in [-0.2, 0) is 20.0 Å². The second-order valence-electron chi connectivity index (χ2n) is 2.96. The molecule has 0 aliphatic rings. The highest BCUT2D eigenvalue weighted by Gasteiger charge is 1.99. The van der Waals surface area contributed by atoms with Gasteiger partial charge in [-0.25, -0.2) is 4.68 Å². The molecule has 0 bridgehead atoms. The van der Waals surface area contributed by atoms with Crippen molar-refractivity contribution < 1.29 is 0 Å². The van der Waals surface area contributed by atoms with Crippen molar-refractivity contribution in [3.05, 3.63) is 22.7 Å². The van der Waals surface area contributed by atoms with Crippen molar-refractivity contribution in [1.82, 2.24) is 30.0 Å². The second kappa shape index (κ2) is 3.70. The minimum atomic E-state index is 0.473. The maximum Gasteiger partial charge on any atom is 0.238 e. The zero-order chi connectivity index (χ0) is 9.97. The third-order valence-electron chi connectivity index (χ3n) is 1.89. The Labute approximate surface area is 85.5 Å². The summed E-state index contributed by atoms with van der Waals surface area (Å²) < 4.78 is 3.96. The molecule has 0 aliphatic heterocycles. The van der Waals surface area contributed by atoms with Crippen molar-refractivity contribution in [3.63, 3.8) is 0 Å². The monoisotopic (exact) mass is 210 g/mol. The fourth-order valence-electron chi connectivity index (χ4n) is 1.18. The predicted molar refractivity (Wildman–Crippen MR) is 52.1 cm³/mol. The molecule has 0 spiro atoms. The first-order chi connectivity index (χ1) is 6.75. The normalized spacial score (nSPS) is 10.6. The van der Waals surface area contributed by atoms with Crippen LogP contribution >= 0.6 is 12.2 Å². The lowest BCUT2D eigenvalue weighted by Crippen LogP contribution is -2.04. The number of hydrogen-bond donors (Lipinski definition) is 1. The summed E-state index contributed by atoms with van der Waals surface area (Å²) in [5.74, 6) is 0. The van der Waals surface area contributed by atoms with E-state index in [1.165, 1.54) is 0 Å². The van der Waals surface area contributed by atoms with Crippen LogP contribution in [0.5, 0.6) is 0 Å². The molecule has 1 N–H and O–H groups in total. The molecule has 74 valence electrons. The first-order valence-corrected chi connectivity index (χ1v) is 4.63. The van der Waals surface area contributed by atoms with E-state index in [-0.39, 0.29) is 0 Å². The van der Waals surface area contributed by atoms with Crippen LogP contribution in [-0.4, -0.2) is 30.0 Å². The van der Waals surface area contributed by atoms with Gasteiger partial charge in [0.2, 0.25) is 4.77 Å². The molecule has 2 rings (SSSR count). The number of rotatable bonds is 3. The van der Waals surface area contributed by atoms with E-state index in [4.69, 9.17) is 12.2 Å². The summed E-state index contributed by atoms with van der Waals surface area (Å²) in [5.41, 5.74) is 1.03. The van der Waals surface area contributed by atoms with Crippen molar-refractivity contribution in [2.75, 3.05) is 0 Å². The minimum absolute atomic E-state index is 0.473. The summed E-state index contributed by atoms with van der Waals surface area (Å²) in [4.78, 5) is 0. The Morgan fingerprint density at radius 1 is 1.57 bits per heavy atom. The van der Waals surface area contributed by atoms with Crippen LogP contribution in [0.2, 0.25) is 0 Å². The van der Waals surface area contributed by atoms with E-state index in [2.05, 4.69) is 20.6 Å². The topological polar surface area (TPSA) is 64.3 Å². The Balaban J connectivity index is 2.01.